The molecule has 0 heterocycles. The van der Waals surface area contributed by atoms with E-state index in [2.05, 4.69) is 34.6 Å². The molecule has 2 atom stereocenters. The molecule has 0 aromatic carbocycles. The zero-order chi connectivity index (χ0) is 45.4. The van der Waals surface area contributed by atoms with E-state index in [1.165, 1.54) is 199 Å². The Balaban J connectivity index is 4.16. The van der Waals surface area contributed by atoms with E-state index in [1.54, 1.807) is 0 Å². The maximum atomic E-state index is 12.8. The van der Waals surface area contributed by atoms with Gasteiger partial charge in [0.2, 0.25) is 0 Å². The van der Waals surface area contributed by atoms with E-state index in [-0.39, 0.29) is 31.1 Å². The molecule has 0 radical (unpaired) electrons. The third-order valence-electron chi connectivity index (χ3n) is 13.1. The SMILES string of the molecule is CCCCCCCCCC(=O)OC[C@@H](COC(=O)CCCCCCCCCCCCCCCCCCC(C)C)OC(=O)CCCCCCCCCCCCCCCCC(C)CC. The maximum Gasteiger partial charge on any atom is 0.306 e. The molecule has 0 saturated heterocycles. The van der Waals surface area contributed by atoms with Gasteiger partial charge in [0.25, 0.3) is 0 Å². The molecular weight excluding hydrogens is 769 g/mol. The highest BCUT2D eigenvalue weighted by atomic mass is 16.6. The number of unbranched alkanes of at least 4 members (excludes halogenated alkanes) is 34. The first-order valence-electron chi connectivity index (χ1n) is 27.8. The molecule has 0 fully saturated rings. The lowest BCUT2D eigenvalue weighted by atomic mass is 9.99. The summed E-state index contributed by atoms with van der Waals surface area (Å²) in [5.74, 6) is 0.898. The Morgan fingerprint density at radius 3 is 0.919 bits per heavy atom. The van der Waals surface area contributed by atoms with Gasteiger partial charge in [0, 0.05) is 19.3 Å². The average molecular weight is 877 g/mol. The van der Waals surface area contributed by atoms with Gasteiger partial charge in [-0.25, -0.2) is 0 Å². The van der Waals surface area contributed by atoms with Gasteiger partial charge in [-0.15, -0.1) is 0 Å². The largest absolute Gasteiger partial charge is 0.462 e. The van der Waals surface area contributed by atoms with Crippen molar-refractivity contribution in [2.45, 2.75) is 317 Å². The standard InChI is InChI=1S/C56H108O6/c1-6-8-9-10-29-36-41-46-54(57)60-49-53(62-56(59)48-43-38-33-28-24-20-16-15-18-22-26-31-35-40-45-52(5)7-2)50-61-55(58)47-42-37-32-27-23-19-14-12-11-13-17-21-25-30-34-39-44-51(3)4/h51-53H,6-50H2,1-5H3/t52?,53-/m0/s1. The number of rotatable bonds is 50. The van der Waals surface area contributed by atoms with Crippen molar-refractivity contribution in [3.05, 3.63) is 0 Å². The van der Waals surface area contributed by atoms with Gasteiger partial charge in [0.05, 0.1) is 0 Å². The predicted molar refractivity (Wildman–Crippen MR) is 266 cm³/mol. The van der Waals surface area contributed by atoms with Crippen LogP contribution in [-0.2, 0) is 28.6 Å². The van der Waals surface area contributed by atoms with Crippen molar-refractivity contribution < 1.29 is 28.6 Å². The number of carbonyl (C=O) groups excluding carboxylic acids is 3. The Morgan fingerprint density at radius 2 is 0.613 bits per heavy atom. The Kier molecular flexibility index (Phi) is 47.6. The van der Waals surface area contributed by atoms with Crippen LogP contribution >= 0.6 is 0 Å². The third-order valence-corrected chi connectivity index (χ3v) is 13.1. The van der Waals surface area contributed by atoms with Crippen LogP contribution in [0.1, 0.15) is 311 Å². The van der Waals surface area contributed by atoms with Crippen LogP contribution < -0.4 is 0 Å². The minimum Gasteiger partial charge on any atom is -0.462 e. The highest BCUT2D eigenvalue weighted by Gasteiger charge is 2.19. The minimum absolute atomic E-state index is 0.0634. The first-order valence-corrected chi connectivity index (χ1v) is 27.8. The van der Waals surface area contributed by atoms with Crippen molar-refractivity contribution in [2.24, 2.45) is 11.8 Å². The van der Waals surface area contributed by atoms with Crippen molar-refractivity contribution in [2.75, 3.05) is 13.2 Å². The van der Waals surface area contributed by atoms with Gasteiger partial charge in [0.1, 0.15) is 13.2 Å². The molecule has 0 aromatic rings. The predicted octanol–water partition coefficient (Wildman–Crippen LogP) is 18.1. The zero-order valence-electron chi connectivity index (χ0n) is 42.5. The Hall–Kier alpha value is -1.59. The summed E-state index contributed by atoms with van der Waals surface area (Å²) in [5.41, 5.74) is 0. The second kappa shape index (κ2) is 48.9. The van der Waals surface area contributed by atoms with E-state index in [9.17, 15) is 14.4 Å². The molecule has 0 N–H and O–H groups in total. The van der Waals surface area contributed by atoms with Gasteiger partial charge in [0.15, 0.2) is 6.10 Å². The van der Waals surface area contributed by atoms with E-state index in [0.717, 1.165) is 69.6 Å². The monoisotopic (exact) mass is 877 g/mol. The molecule has 6 nitrogen and oxygen atoms in total. The van der Waals surface area contributed by atoms with Gasteiger partial charge in [-0.2, -0.15) is 0 Å². The summed E-state index contributed by atoms with van der Waals surface area (Å²) in [5, 5.41) is 0. The summed E-state index contributed by atoms with van der Waals surface area (Å²) in [6, 6.07) is 0. The van der Waals surface area contributed by atoms with Crippen LogP contribution in [0.25, 0.3) is 0 Å². The number of carbonyl (C=O) groups is 3. The van der Waals surface area contributed by atoms with E-state index in [0.29, 0.717) is 19.3 Å². The smallest absolute Gasteiger partial charge is 0.306 e. The highest BCUT2D eigenvalue weighted by Crippen LogP contribution is 2.18. The summed E-state index contributed by atoms with van der Waals surface area (Å²) in [7, 11) is 0. The molecule has 0 aliphatic carbocycles. The molecule has 0 bridgehead atoms. The molecule has 0 amide bonds. The number of ether oxygens (including phenoxy) is 3. The summed E-state index contributed by atoms with van der Waals surface area (Å²) in [6.45, 7) is 11.4. The lowest BCUT2D eigenvalue weighted by Crippen LogP contribution is -2.30. The van der Waals surface area contributed by atoms with E-state index in [4.69, 9.17) is 14.2 Å². The number of hydrogen-bond donors (Lipinski definition) is 0. The average Bonchev–Trinajstić information content (AvgIpc) is 3.26. The van der Waals surface area contributed by atoms with Crippen molar-refractivity contribution >= 4 is 17.9 Å². The van der Waals surface area contributed by atoms with Crippen LogP contribution in [0.2, 0.25) is 0 Å². The number of hydrogen-bond acceptors (Lipinski definition) is 6. The first-order chi connectivity index (χ1) is 30.3. The van der Waals surface area contributed by atoms with Crippen LogP contribution in [0.15, 0.2) is 0 Å². The maximum absolute atomic E-state index is 12.8. The molecule has 1 unspecified atom stereocenters. The van der Waals surface area contributed by atoms with Crippen molar-refractivity contribution in [1.29, 1.82) is 0 Å². The minimum atomic E-state index is -0.761. The van der Waals surface area contributed by atoms with Crippen molar-refractivity contribution in [3.8, 4) is 0 Å². The van der Waals surface area contributed by atoms with Gasteiger partial charge in [-0.1, -0.05) is 272 Å². The molecule has 6 heteroatoms. The fourth-order valence-electron chi connectivity index (χ4n) is 8.49. The van der Waals surface area contributed by atoms with E-state index < -0.39 is 6.10 Å². The third kappa shape index (κ3) is 47.9. The Bertz CT molecular complexity index is 949. The lowest BCUT2D eigenvalue weighted by molar-refractivity contribution is -0.167. The van der Waals surface area contributed by atoms with Gasteiger partial charge >= 0.3 is 17.9 Å². The number of esters is 3. The van der Waals surface area contributed by atoms with Gasteiger partial charge < -0.3 is 14.2 Å². The van der Waals surface area contributed by atoms with Crippen LogP contribution in [0.5, 0.6) is 0 Å². The summed E-state index contributed by atoms with van der Waals surface area (Å²) < 4.78 is 16.8. The Labute approximate surface area is 387 Å². The van der Waals surface area contributed by atoms with Crippen molar-refractivity contribution in [3.63, 3.8) is 0 Å². The molecule has 0 saturated carbocycles. The van der Waals surface area contributed by atoms with E-state index in [1.807, 2.05) is 0 Å². The molecule has 0 spiro atoms. The molecule has 0 aromatic heterocycles. The quantitative estimate of drug-likeness (QED) is 0.0344. The second-order valence-electron chi connectivity index (χ2n) is 19.9. The summed E-state index contributed by atoms with van der Waals surface area (Å²) in [4.78, 5) is 37.9. The fourth-order valence-corrected chi connectivity index (χ4v) is 8.49. The molecule has 0 aliphatic heterocycles. The highest BCUT2D eigenvalue weighted by molar-refractivity contribution is 5.71. The zero-order valence-corrected chi connectivity index (χ0v) is 42.5. The van der Waals surface area contributed by atoms with Crippen LogP contribution in [0.4, 0.5) is 0 Å². The topological polar surface area (TPSA) is 78.9 Å². The van der Waals surface area contributed by atoms with E-state index >= 15 is 0 Å². The second-order valence-corrected chi connectivity index (χ2v) is 19.9. The molecule has 368 valence electrons. The lowest BCUT2D eigenvalue weighted by Gasteiger charge is -2.18. The van der Waals surface area contributed by atoms with Gasteiger partial charge in [-0.05, 0) is 31.1 Å². The van der Waals surface area contributed by atoms with Crippen LogP contribution in [0.3, 0.4) is 0 Å². The van der Waals surface area contributed by atoms with Crippen molar-refractivity contribution in [1.82, 2.24) is 0 Å². The molecule has 0 rings (SSSR count). The Morgan fingerprint density at radius 1 is 0.339 bits per heavy atom. The summed E-state index contributed by atoms with van der Waals surface area (Å²) >= 11 is 0. The molecule has 0 aliphatic rings. The fraction of sp³-hybridized carbons (Fsp3) is 0.946. The first kappa shape index (κ1) is 60.4. The normalized spacial score (nSPS) is 12.5. The molecule has 62 heavy (non-hydrogen) atoms. The molecular formula is C56H108O6. The summed E-state index contributed by atoms with van der Waals surface area (Å²) in [6.07, 6.45) is 51.0. The van der Waals surface area contributed by atoms with Gasteiger partial charge in [-0.3, -0.25) is 14.4 Å². The van der Waals surface area contributed by atoms with Crippen LogP contribution in [0, 0.1) is 11.8 Å². The van der Waals surface area contributed by atoms with Crippen LogP contribution in [-0.4, -0.2) is 37.2 Å².